The van der Waals surface area contributed by atoms with Gasteiger partial charge in [0.15, 0.2) is 9.84 Å². The molecule has 1 unspecified atom stereocenters. The largest absolute Gasteiger partial charge is 0.369 e. The number of nitrogens with one attached hydrogen (secondary N) is 1. The molecule has 1 aromatic rings. The van der Waals surface area contributed by atoms with Crippen molar-refractivity contribution in [2.24, 2.45) is 5.92 Å². The molecule has 0 aliphatic rings. The van der Waals surface area contributed by atoms with Gasteiger partial charge in [0.1, 0.15) is 16.9 Å². The Bertz CT molecular complexity index is 573. The first-order chi connectivity index (χ1) is 9.16. The van der Waals surface area contributed by atoms with Gasteiger partial charge in [-0.15, -0.1) is 0 Å². The lowest BCUT2D eigenvalue weighted by Gasteiger charge is -2.16. The number of hydrogen-bond donors (Lipinski definition) is 1. The van der Waals surface area contributed by atoms with Crippen LogP contribution >= 0.6 is 22.6 Å². The number of nitrogens with zero attached hydrogens (tertiary/aromatic N) is 2. The highest BCUT2D eigenvalue weighted by Gasteiger charge is 2.23. The molecule has 0 saturated carbocycles. The molecule has 0 aliphatic heterocycles. The van der Waals surface area contributed by atoms with Crippen LogP contribution in [0.1, 0.15) is 44.5 Å². The summed E-state index contributed by atoms with van der Waals surface area (Å²) in [5.74, 6) is 1.55. The first kappa shape index (κ1) is 17.6. The molecule has 7 heteroatoms. The van der Waals surface area contributed by atoms with Gasteiger partial charge in [-0.2, -0.15) is 0 Å². The molecular formula is C13H22IN3O2S. The van der Waals surface area contributed by atoms with E-state index in [9.17, 15) is 8.42 Å². The summed E-state index contributed by atoms with van der Waals surface area (Å²) < 4.78 is 24.4. The zero-order valence-corrected chi connectivity index (χ0v) is 15.5. The van der Waals surface area contributed by atoms with Crippen LogP contribution in [0.5, 0.6) is 0 Å². The minimum Gasteiger partial charge on any atom is -0.369 e. The molecule has 114 valence electrons. The SMILES string of the molecule is CCNc1nc(C(C)S(C)(=O)=O)nc(CC(C)C)c1I. The quantitative estimate of drug-likeness (QED) is 0.729. The van der Waals surface area contributed by atoms with Crippen molar-refractivity contribution in [1.82, 2.24) is 9.97 Å². The summed E-state index contributed by atoms with van der Waals surface area (Å²) in [6, 6.07) is 0. The van der Waals surface area contributed by atoms with Gasteiger partial charge in [-0.3, -0.25) is 0 Å². The summed E-state index contributed by atoms with van der Waals surface area (Å²) >= 11 is 2.22. The summed E-state index contributed by atoms with van der Waals surface area (Å²) in [5, 5.41) is 2.49. The minimum atomic E-state index is -3.20. The Morgan fingerprint density at radius 2 is 1.85 bits per heavy atom. The van der Waals surface area contributed by atoms with E-state index in [1.807, 2.05) is 6.92 Å². The van der Waals surface area contributed by atoms with Crippen LogP contribution in [0.25, 0.3) is 0 Å². The molecule has 0 bridgehead atoms. The van der Waals surface area contributed by atoms with Crippen molar-refractivity contribution < 1.29 is 8.42 Å². The predicted molar refractivity (Wildman–Crippen MR) is 90.7 cm³/mol. The summed E-state index contributed by atoms with van der Waals surface area (Å²) in [6.07, 6.45) is 2.02. The molecule has 5 nitrogen and oxygen atoms in total. The third-order valence-electron chi connectivity index (χ3n) is 2.89. The fourth-order valence-corrected chi connectivity index (χ4v) is 2.83. The molecule has 0 aliphatic carbocycles. The van der Waals surface area contributed by atoms with Gasteiger partial charge in [-0.1, -0.05) is 13.8 Å². The van der Waals surface area contributed by atoms with Crippen LogP contribution in [0.4, 0.5) is 5.82 Å². The van der Waals surface area contributed by atoms with Crippen LogP contribution in [-0.4, -0.2) is 31.2 Å². The van der Waals surface area contributed by atoms with Crippen molar-refractivity contribution in [3.05, 3.63) is 15.1 Å². The Hall–Kier alpha value is -0.440. The summed E-state index contributed by atoms with van der Waals surface area (Å²) in [6.45, 7) is 8.59. The highest BCUT2D eigenvalue weighted by atomic mass is 127. The number of hydrogen-bond acceptors (Lipinski definition) is 5. The molecule has 20 heavy (non-hydrogen) atoms. The molecule has 1 rings (SSSR count). The first-order valence-electron chi connectivity index (χ1n) is 6.65. The highest BCUT2D eigenvalue weighted by molar-refractivity contribution is 14.1. The fraction of sp³-hybridized carbons (Fsp3) is 0.692. The van der Waals surface area contributed by atoms with Gasteiger partial charge in [0.25, 0.3) is 0 Å². The minimum absolute atomic E-state index is 0.375. The lowest BCUT2D eigenvalue weighted by Crippen LogP contribution is -2.16. The Labute approximate surface area is 135 Å². The van der Waals surface area contributed by atoms with Gasteiger partial charge in [0.05, 0.1) is 9.26 Å². The van der Waals surface area contributed by atoms with Crippen LogP contribution in [0, 0.1) is 9.49 Å². The van der Waals surface area contributed by atoms with E-state index >= 15 is 0 Å². The maximum atomic E-state index is 11.7. The van der Waals surface area contributed by atoms with Crippen LogP contribution < -0.4 is 5.32 Å². The highest BCUT2D eigenvalue weighted by Crippen LogP contribution is 2.26. The predicted octanol–water partition coefficient (Wildman–Crippen LogP) is 2.82. The van der Waals surface area contributed by atoms with E-state index in [2.05, 4.69) is 51.7 Å². The van der Waals surface area contributed by atoms with E-state index in [0.29, 0.717) is 11.7 Å². The number of anilines is 1. The van der Waals surface area contributed by atoms with Crippen molar-refractivity contribution >= 4 is 38.2 Å². The monoisotopic (exact) mass is 411 g/mol. The first-order valence-corrected chi connectivity index (χ1v) is 9.69. The molecule has 0 aromatic carbocycles. The van der Waals surface area contributed by atoms with Crippen molar-refractivity contribution in [2.75, 3.05) is 18.1 Å². The van der Waals surface area contributed by atoms with Crippen molar-refractivity contribution in [3.8, 4) is 0 Å². The van der Waals surface area contributed by atoms with Crippen molar-refractivity contribution in [3.63, 3.8) is 0 Å². The zero-order chi connectivity index (χ0) is 15.5. The molecule has 0 radical (unpaired) electrons. The lowest BCUT2D eigenvalue weighted by molar-refractivity contribution is 0.587. The van der Waals surface area contributed by atoms with Crippen LogP contribution in [0.3, 0.4) is 0 Å². The number of sulfone groups is 1. The summed E-state index contributed by atoms with van der Waals surface area (Å²) in [4.78, 5) is 8.87. The van der Waals surface area contributed by atoms with Gasteiger partial charge in [-0.25, -0.2) is 18.4 Å². The van der Waals surface area contributed by atoms with Gasteiger partial charge >= 0.3 is 0 Å². The van der Waals surface area contributed by atoms with Crippen LogP contribution in [0.15, 0.2) is 0 Å². The standard InChI is InChI=1S/C13H22IN3O2S/c1-6-15-13-11(14)10(7-8(2)3)16-12(17-13)9(4)20(5,18)19/h8-9H,6-7H2,1-5H3,(H,15,16,17). The Balaban J connectivity index is 3.35. The Morgan fingerprint density at radius 3 is 2.30 bits per heavy atom. The number of rotatable bonds is 6. The van der Waals surface area contributed by atoms with E-state index in [4.69, 9.17) is 0 Å². The molecule has 1 N–H and O–H groups in total. The van der Waals surface area contributed by atoms with E-state index < -0.39 is 15.1 Å². The molecule has 0 fully saturated rings. The van der Waals surface area contributed by atoms with Crippen LogP contribution in [-0.2, 0) is 16.3 Å². The molecule has 1 heterocycles. The molecular weight excluding hydrogens is 389 g/mol. The van der Waals surface area contributed by atoms with Gasteiger partial charge < -0.3 is 5.32 Å². The van der Waals surface area contributed by atoms with E-state index in [-0.39, 0.29) is 0 Å². The normalized spacial score (nSPS) is 13.6. The van der Waals surface area contributed by atoms with Gasteiger partial charge in [0.2, 0.25) is 0 Å². The summed E-state index contributed by atoms with van der Waals surface area (Å²) in [7, 11) is -3.20. The van der Waals surface area contributed by atoms with Gasteiger partial charge in [-0.05, 0) is 48.8 Å². The third-order valence-corrected chi connectivity index (χ3v) is 5.52. The molecule has 0 saturated heterocycles. The average Bonchev–Trinajstić information content (AvgIpc) is 2.31. The van der Waals surface area contributed by atoms with Gasteiger partial charge in [0, 0.05) is 12.8 Å². The average molecular weight is 411 g/mol. The van der Waals surface area contributed by atoms with Crippen molar-refractivity contribution in [1.29, 1.82) is 0 Å². The topological polar surface area (TPSA) is 72.0 Å². The lowest BCUT2D eigenvalue weighted by atomic mass is 10.1. The molecule has 0 spiro atoms. The second-order valence-electron chi connectivity index (χ2n) is 5.29. The molecule has 1 aromatic heterocycles. The fourth-order valence-electron chi connectivity index (χ4n) is 1.69. The Morgan fingerprint density at radius 1 is 1.25 bits per heavy atom. The number of halogens is 1. The van der Waals surface area contributed by atoms with E-state index in [1.165, 1.54) is 6.26 Å². The smallest absolute Gasteiger partial charge is 0.157 e. The second kappa shape index (κ2) is 7.02. The van der Waals surface area contributed by atoms with Crippen molar-refractivity contribution in [2.45, 2.75) is 39.4 Å². The van der Waals surface area contributed by atoms with Crippen LogP contribution in [0.2, 0.25) is 0 Å². The van der Waals surface area contributed by atoms with E-state index in [0.717, 1.165) is 28.0 Å². The number of aromatic nitrogens is 2. The summed E-state index contributed by atoms with van der Waals surface area (Å²) in [5.41, 5.74) is 0.914. The molecule has 0 amide bonds. The second-order valence-corrected chi connectivity index (χ2v) is 8.74. The Kier molecular flexibility index (Phi) is 6.18. The van der Waals surface area contributed by atoms with E-state index in [1.54, 1.807) is 6.92 Å². The zero-order valence-electron chi connectivity index (χ0n) is 12.6. The maximum absolute atomic E-state index is 11.7. The molecule has 1 atom stereocenters. The maximum Gasteiger partial charge on any atom is 0.157 e. The third kappa shape index (κ3) is 4.54.